The Balaban J connectivity index is 2.01. The number of carboxylic acids is 1. The fourth-order valence-corrected chi connectivity index (χ4v) is 4.26. The quantitative estimate of drug-likeness (QED) is 0.932. The van der Waals surface area contributed by atoms with E-state index in [1.165, 1.54) is 11.6 Å². The van der Waals surface area contributed by atoms with Gasteiger partial charge in [-0.25, -0.2) is 4.79 Å². The van der Waals surface area contributed by atoms with Crippen molar-refractivity contribution in [1.82, 2.24) is 4.57 Å². The van der Waals surface area contributed by atoms with Crippen molar-refractivity contribution in [1.29, 1.82) is 0 Å². The Labute approximate surface area is 145 Å². The van der Waals surface area contributed by atoms with Crippen molar-refractivity contribution in [3.05, 3.63) is 51.3 Å². The summed E-state index contributed by atoms with van der Waals surface area (Å²) in [6.45, 7) is 2.10. The summed E-state index contributed by atoms with van der Waals surface area (Å²) >= 11 is 0. The van der Waals surface area contributed by atoms with Gasteiger partial charge >= 0.3 is 5.97 Å². The van der Waals surface area contributed by atoms with Crippen molar-refractivity contribution in [2.75, 3.05) is 7.11 Å². The molecular formula is C20H21NO4. The minimum atomic E-state index is -1.17. The highest BCUT2D eigenvalue weighted by Gasteiger charge is 2.43. The number of nitrogens with zero attached hydrogens (tertiary/aromatic N) is 1. The van der Waals surface area contributed by atoms with Crippen LogP contribution in [0.1, 0.15) is 47.7 Å². The van der Waals surface area contributed by atoms with Crippen molar-refractivity contribution in [3.8, 4) is 17.0 Å². The third-order valence-corrected chi connectivity index (χ3v) is 5.76. The maximum atomic E-state index is 12.3. The summed E-state index contributed by atoms with van der Waals surface area (Å²) < 4.78 is 7.56. The third kappa shape index (κ3) is 2.22. The number of aryl methyl sites for hydroxylation is 1. The van der Waals surface area contributed by atoms with Crippen LogP contribution in [0.25, 0.3) is 11.3 Å². The highest BCUT2D eigenvalue weighted by atomic mass is 16.5. The molecule has 5 heteroatoms. The van der Waals surface area contributed by atoms with Crippen molar-refractivity contribution in [2.45, 2.75) is 44.6 Å². The predicted octanol–water partition coefficient (Wildman–Crippen LogP) is 3.22. The van der Waals surface area contributed by atoms with Gasteiger partial charge in [-0.05, 0) is 49.3 Å². The predicted molar refractivity (Wildman–Crippen MR) is 94.6 cm³/mol. The number of carboxylic acid groups (broad SMARTS) is 1. The van der Waals surface area contributed by atoms with Crippen molar-refractivity contribution in [3.63, 3.8) is 0 Å². The van der Waals surface area contributed by atoms with E-state index in [1.54, 1.807) is 13.3 Å². The Morgan fingerprint density at radius 1 is 1.32 bits per heavy atom. The smallest absolute Gasteiger partial charge is 0.341 e. The zero-order chi connectivity index (χ0) is 17.8. The Hall–Kier alpha value is -2.56. The molecule has 1 N–H and O–H groups in total. The molecule has 1 saturated carbocycles. The Kier molecular flexibility index (Phi) is 3.49. The molecule has 2 heterocycles. The molecule has 25 heavy (non-hydrogen) atoms. The van der Waals surface area contributed by atoms with Gasteiger partial charge in [0.15, 0.2) is 5.43 Å². The van der Waals surface area contributed by atoms with Crippen LogP contribution in [0.5, 0.6) is 5.75 Å². The lowest BCUT2D eigenvalue weighted by molar-refractivity contribution is 0.0691. The van der Waals surface area contributed by atoms with Gasteiger partial charge in [-0.15, -0.1) is 0 Å². The van der Waals surface area contributed by atoms with Crippen LogP contribution in [0, 0.1) is 0 Å². The van der Waals surface area contributed by atoms with Gasteiger partial charge in [0.25, 0.3) is 0 Å². The number of methoxy groups -OCH3 is 1. The van der Waals surface area contributed by atoms with Crippen LogP contribution < -0.4 is 10.2 Å². The molecule has 0 saturated heterocycles. The molecule has 1 aliphatic carbocycles. The molecule has 0 bridgehead atoms. The molecule has 4 rings (SSSR count). The Bertz CT molecular complexity index is 937. The number of aromatic carboxylic acids is 1. The second-order valence-electron chi connectivity index (χ2n) is 7.04. The van der Waals surface area contributed by atoms with Gasteiger partial charge in [0, 0.05) is 23.4 Å². The van der Waals surface area contributed by atoms with Gasteiger partial charge in [-0.2, -0.15) is 0 Å². The highest BCUT2D eigenvalue weighted by molar-refractivity contribution is 5.88. The van der Waals surface area contributed by atoms with Gasteiger partial charge < -0.3 is 14.4 Å². The summed E-state index contributed by atoms with van der Waals surface area (Å²) in [7, 11) is 1.65. The molecule has 2 aromatic rings. The van der Waals surface area contributed by atoms with E-state index in [4.69, 9.17) is 4.74 Å². The largest absolute Gasteiger partial charge is 0.496 e. The number of pyridine rings is 1. The second kappa shape index (κ2) is 5.48. The van der Waals surface area contributed by atoms with Crippen LogP contribution in [0.15, 0.2) is 29.2 Å². The molecule has 0 radical (unpaired) electrons. The molecule has 5 nitrogen and oxygen atoms in total. The number of ether oxygens (including phenoxy) is 1. The number of carbonyl (C=O) groups is 1. The van der Waals surface area contributed by atoms with E-state index in [-0.39, 0.29) is 11.1 Å². The first-order valence-corrected chi connectivity index (χ1v) is 8.70. The Morgan fingerprint density at radius 3 is 2.64 bits per heavy atom. The van der Waals surface area contributed by atoms with Crippen molar-refractivity contribution < 1.29 is 14.6 Å². The Morgan fingerprint density at radius 2 is 2.08 bits per heavy atom. The summed E-state index contributed by atoms with van der Waals surface area (Å²) in [4.78, 5) is 23.7. The topological polar surface area (TPSA) is 68.5 Å². The van der Waals surface area contributed by atoms with E-state index in [0.29, 0.717) is 0 Å². The summed E-state index contributed by atoms with van der Waals surface area (Å²) in [6.07, 6.45) is 6.44. The SMILES string of the molecule is CCc1cc2c(cc1OC)-c1cc(=O)c(C(=O)O)cn1C1(CCC1)C2. The van der Waals surface area contributed by atoms with Gasteiger partial charge in [0.1, 0.15) is 11.3 Å². The lowest BCUT2D eigenvalue weighted by Crippen LogP contribution is -2.46. The van der Waals surface area contributed by atoms with Crippen LogP contribution in [-0.2, 0) is 18.4 Å². The van der Waals surface area contributed by atoms with Crippen LogP contribution in [0.4, 0.5) is 0 Å². The van der Waals surface area contributed by atoms with Crippen LogP contribution in [-0.4, -0.2) is 22.8 Å². The first-order valence-electron chi connectivity index (χ1n) is 8.70. The summed E-state index contributed by atoms with van der Waals surface area (Å²) in [6, 6.07) is 5.66. The molecule has 0 amide bonds. The standard InChI is InChI=1S/C20H21NO4/c1-3-12-7-13-10-20(5-4-6-20)21-11-15(19(23)24)17(22)9-16(21)14(13)8-18(12)25-2/h7-9,11H,3-6,10H2,1-2H3,(H,23,24). The van der Waals surface area contributed by atoms with Gasteiger partial charge in [-0.3, -0.25) is 4.79 Å². The lowest BCUT2D eigenvalue weighted by Gasteiger charge is -2.49. The average Bonchev–Trinajstić information content (AvgIpc) is 2.57. The first-order chi connectivity index (χ1) is 12.0. The van der Waals surface area contributed by atoms with Crippen LogP contribution in [0.3, 0.4) is 0 Å². The highest BCUT2D eigenvalue weighted by Crippen LogP contribution is 2.49. The fraction of sp³-hybridized carbons (Fsp3) is 0.400. The van der Waals surface area contributed by atoms with Crippen molar-refractivity contribution in [2.24, 2.45) is 0 Å². The van der Waals surface area contributed by atoms with Crippen LogP contribution >= 0.6 is 0 Å². The molecule has 1 aromatic heterocycles. The number of benzene rings is 1. The molecular weight excluding hydrogens is 318 g/mol. The van der Waals surface area contributed by atoms with E-state index in [9.17, 15) is 14.7 Å². The van der Waals surface area contributed by atoms with E-state index >= 15 is 0 Å². The summed E-state index contributed by atoms with van der Waals surface area (Å²) in [5.74, 6) is -0.355. The number of aromatic nitrogens is 1. The van der Waals surface area contributed by atoms with Crippen LogP contribution in [0.2, 0.25) is 0 Å². The molecule has 2 aliphatic rings. The fourth-order valence-electron chi connectivity index (χ4n) is 4.26. The molecule has 1 aromatic carbocycles. The van der Waals surface area contributed by atoms with Gasteiger partial charge in [0.2, 0.25) is 0 Å². The maximum absolute atomic E-state index is 12.3. The summed E-state index contributed by atoms with van der Waals surface area (Å²) in [5.41, 5.74) is 3.46. The third-order valence-electron chi connectivity index (χ3n) is 5.76. The van der Waals surface area contributed by atoms with E-state index in [0.717, 1.165) is 54.7 Å². The molecule has 0 unspecified atom stereocenters. The molecule has 0 atom stereocenters. The number of fused-ring (bicyclic) bond motifs is 4. The monoisotopic (exact) mass is 339 g/mol. The van der Waals surface area contributed by atoms with E-state index in [2.05, 4.69) is 13.0 Å². The van der Waals surface area contributed by atoms with Gasteiger partial charge in [0.05, 0.1) is 12.8 Å². The zero-order valence-corrected chi connectivity index (χ0v) is 14.5. The van der Waals surface area contributed by atoms with Gasteiger partial charge in [-0.1, -0.05) is 13.0 Å². The summed E-state index contributed by atoms with van der Waals surface area (Å²) in [5, 5.41) is 9.34. The zero-order valence-electron chi connectivity index (χ0n) is 14.5. The first kappa shape index (κ1) is 15.9. The molecule has 1 fully saturated rings. The van der Waals surface area contributed by atoms with Crippen molar-refractivity contribution >= 4 is 5.97 Å². The molecule has 130 valence electrons. The lowest BCUT2D eigenvalue weighted by atomic mass is 9.69. The van der Waals surface area contributed by atoms with E-state index < -0.39 is 11.4 Å². The number of hydrogen-bond acceptors (Lipinski definition) is 3. The average molecular weight is 339 g/mol. The minimum Gasteiger partial charge on any atom is -0.496 e. The maximum Gasteiger partial charge on any atom is 0.341 e. The number of rotatable bonds is 3. The molecule has 1 aliphatic heterocycles. The normalized spacial score (nSPS) is 16.7. The number of hydrogen-bond donors (Lipinski definition) is 1. The van der Waals surface area contributed by atoms with E-state index in [1.807, 2.05) is 10.6 Å². The minimum absolute atomic E-state index is 0.0974. The second-order valence-corrected chi connectivity index (χ2v) is 7.04. The molecule has 1 spiro atoms.